The molecule has 0 fully saturated rings. The highest BCUT2D eigenvalue weighted by Gasteiger charge is 1.88. The second-order valence-corrected chi connectivity index (χ2v) is 1.91. The zero-order valence-electron chi connectivity index (χ0n) is 6.85. The second-order valence-electron chi connectivity index (χ2n) is 1.91. The maximum atomic E-state index is 11.4. The summed E-state index contributed by atoms with van der Waals surface area (Å²) in [6, 6.07) is 0. The first-order chi connectivity index (χ1) is 5.41. The number of methoxy groups -OCH3 is 1. The molecule has 0 heterocycles. The summed E-state index contributed by atoms with van der Waals surface area (Å²) in [6.07, 6.45) is 0. The third kappa shape index (κ3) is 9.81. The van der Waals surface area contributed by atoms with Crippen LogP contribution in [0, 0.1) is 0 Å². The van der Waals surface area contributed by atoms with Crippen molar-refractivity contribution in [1.82, 2.24) is 0 Å². The van der Waals surface area contributed by atoms with Crippen molar-refractivity contribution < 1.29 is 18.6 Å². The standard InChI is InChI=1S/C7H15FO3/c1-9-4-5-11-7-6-10-3-2-8/h2-7H2,1H3. The van der Waals surface area contributed by atoms with Crippen LogP contribution in [0.3, 0.4) is 0 Å². The van der Waals surface area contributed by atoms with Gasteiger partial charge >= 0.3 is 0 Å². The Morgan fingerprint density at radius 3 is 2.00 bits per heavy atom. The summed E-state index contributed by atoms with van der Waals surface area (Å²) >= 11 is 0. The van der Waals surface area contributed by atoms with Gasteiger partial charge < -0.3 is 14.2 Å². The molecular weight excluding hydrogens is 151 g/mol. The monoisotopic (exact) mass is 166 g/mol. The molecule has 4 heteroatoms. The van der Waals surface area contributed by atoms with Crippen LogP contribution in [-0.4, -0.2) is 46.8 Å². The molecule has 0 unspecified atom stereocenters. The van der Waals surface area contributed by atoms with Crippen LogP contribution in [0.5, 0.6) is 0 Å². The molecule has 0 aromatic heterocycles. The Bertz CT molecular complexity index is 62.7. The van der Waals surface area contributed by atoms with E-state index < -0.39 is 6.67 Å². The van der Waals surface area contributed by atoms with Crippen LogP contribution in [0.4, 0.5) is 4.39 Å². The van der Waals surface area contributed by atoms with Gasteiger partial charge in [0.1, 0.15) is 6.67 Å². The lowest BCUT2D eigenvalue weighted by Crippen LogP contribution is -2.09. The molecule has 11 heavy (non-hydrogen) atoms. The normalized spacial score (nSPS) is 10.4. The quantitative estimate of drug-likeness (QED) is 0.495. The number of alkyl halides is 1. The predicted molar refractivity (Wildman–Crippen MR) is 39.5 cm³/mol. The molecule has 0 amide bonds. The van der Waals surface area contributed by atoms with Crippen LogP contribution in [0.1, 0.15) is 0 Å². The van der Waals surface area contributed by atoms with Crippen molar-refractivity contribution in [2.75, 3.05) is 46.8 Å². The summed E-state index contributed by atoms with van der Waals surface area (Å²) < 4.78 is 26.1. The molecule has 0 rings (SSSR count). The summed E-state index contributed by atoms with van der Waals surface area (Å²) in [7, 11) is 1.61. The van der Waals surface area contributed by atoms with Crippen LogP contribution >= 0.6 is 0 Å². The van der Waals surface area contributed by atoms with Crippen LogP contribution in [0.15, 0.2) is 0 Å². The molecular formula is C7H15FO3. The molecule has 0 aliphatic carbocycles. The molecule has 0 atom stereocenters. The molecule has 0 aliphatic heterocycles. The highest BCUT2D eigenvalue weighted by Crippen LogP contribution is 1.79. The maximum absolute atomic E-state index is 11.4. The minimum atomic E-state index is -0.432. The van der Waals surface area contributed by atoms with E-state index in [1.165, 1.54) is 0 Å². The fourth-order valence-electron chi connectivity index (χ4n) is 0.519. The van der Waals surface area contributed by atoms with Gasteiger partial charge in [0.15, 0.2) is 0 Å². The van der Waals surface area contributed by atoms with Gasteiger partial charge in [0.2, 0.25) is 0 Å². The number of rotatable bonds is 8. The number of hydrogen-bond donors (Lipinski definition) is 0. The first-order valence-electron chi connectivity index (χ1n) is 3.62. The Kier molecular flexibility index (Phi) is 9.64. The summed E-state index contributed by atoms with van der Waals surface area (Å²) in [6.45, 7) is 1.83. The Morgan fingerprint density at radius 1 is 0.909 bits per heavy atom. The lowest BCUT2D eigenvalue weighted by atomic mass is 10.7. The van der Waals surface area contributed by atoms with Gasteiger partial charge in [-0.15, -0.1) is 0 Å². The minimum absolute atomic E-state index is 0.160. The van der Waals surface area contributed by atoms with Crippen molar-refractivity contribution in [2.24, 2.45) is 0 Å². The molecule has 0 bridgehead atoms. The van der Waals surface area contributed by atoms with Crippen molar-refractivity contribution >= 4 is 0 Å². The van der Waals surface area contributed by atoms with E-state index in [1.807, 2.05) is 0 Å². The van der Waals surface area contributed by atoms with Crippen LogP contribution in [-0.2, 0) is 14.2 Å². The molecule has 0 saturated heterocycles. The van der Waals surface area contributed by atoms with Gasteiger partial charge in [0.05, 0.1) is 33.0 Å². The van der Waals surface area contributed by atoms with Gasteiger partial charge in [-0.1, -0.05) is 0 Å². The average Bonchev–Trinajstić information content (AvgIpc) is 2.03. The largest absolute Gasteiger partial charge is 0.382 e. The first kappa shape index (κ1) is 10.8. The average molecular weight is 166 g/mol. The Balaban J connectivity index is 2.69. The lowest BCUT2D eigenvalue weighted by molar-refractivity contribution is 0.0219. The van der Waals surface area contributed by atoms with E-state index in [0.29, 0.717) is 26.4 Å². The van der Waals surface area contributed by atoms with Gasteiger partial charge in [-0.3, -0.25) is 0 Å². The van der Waals surface area contributed by atoms with E-state index in [2.05, 4.69) is 0 Å². The van der Waals surface area contributed by atoms with Gasteiger partial charge in [0, 0.05) is 7.11 Å². The van der Waals surface area contributed by atoms with E-state index in [4.69, 9.17) is 14.2 Å². The Morgan fingerprint density at radius 2 is 1.45 bits per heavy atom. The molecule has 0 aliphatic rings. The minimum Gasteiger partial charge on any atom is -0.382 e. The molecule has 0 radical (unpaired) electrons. The summed E-state index contributed by atoms with van der Waals surface area (Å²) in [5.41, 5.74) is 0. The molecule has 0 N–H and O–H groups in total. The molecule has 3 nitrogen and oxygen atoms in total. The fraction of sp³-hybridized carbons (Fsp3) is 1.00. The van der Waals surface area contributed by atoms with Gasteiger partial charge in [-0.2, -0.15) is 0 Å². The maximum Gasteiger partial charge on any atom is 0.113 e. The summed E-state index contributed by atoms with van der Waals surface area (Å²) in [5.74, 6) is 0. The second kappa shape index (κ2) is 9.81. The Labute approximate surface area is 66.4 Å². The molecule has 0 spiro atoms. The first-order valence-corrected chi connectivity index (χ1v) is 3.62. The third-order valence-electron chi connectivity index (χ3n) is 1.03. The van der Waals surface area contributed by atoms with Crippen molar-refractivity contribution in [3.63, 3.8) is 0 Å². The van der Waals surface area contributed by atoms with E-state index in [1.54, 1.807) is 7.11 Å². The fourth-order valence-corrected chi connectivity index (χ4v) is 0.519. The highest BCUT2D eigenvalue weighted by atomic mass is 19.1. The van der Waals surface area contributed by atoms with Crippen LogP contribution in [0.2, 0.25) is 0 Å². The molecule has 68 valence electrons. The highest BCUT2D eigenvalue weighted by molar-refractivity contribution is 4.31. The number of ether oxygens (including phenoxy) is 3. The summed E-state index contributed by atoms with van der Waals surface area (Å²) in [4.78, 5) is 0. The third-order valence-corrected chi connectivity index (χ3v) is 1.03. The van der Waals surface area contributed by atoms with E-state index >= 15 is 0 Å². The van der Waals surface area contributed by atoms with Gasteiger partial charge in [-0.05, 0) is 0 Å². The number of hydrogen-bond acceptors (Lipinski definition) is 3. The lowest BCUT2D eigenvalue weighted by Gasteiger charge is -2.02. The van der Waals surface area contributed by atoms with E-state index in [0.717, 1.165) is 0 Å². The van der Waals surface area contributed by atoms with Crippen molar-refractivity contribution in [3.05, 3.63) is 0 Å². The van der Waals surface area contributed by atoms with Gasteiger partial charge in [-0.25, -0.2) is 4.39 Å². The number of halogens is 1. The van der Waals surface area contributed by atoms with E-state index in [9.17, 15) is 4.39 Å². The predicted octanol–water partition coefficient (Wildman–Crippen LogP) is 0.636. The molecule has 0 saturated carbocycles. The van der Waals surface area contributed by atoms with Crippen molar-refractivity contribution in [2.45, 2.75) is 0 Å². The smallest absolute Gasteiger partial charge is 0.113 e. The molecule has 0 aromatic rings. The topological polar surface area (TPSA) is 27.7 Å². The zero-order valence-corrected chi connectivity index (χ0v) is 6.85. The van der Waals surface area contributed by atoms with Crippen LogP contribution < -0.4 is 0 Å². The van der Waals surface area contributed by atoms with Crippen LogP contribution in [0.25, 0.3) is 0 Å². The summed E-state index contributed by atoms with van der Waals surface area (Å²) in [5, 5.41) is 0. The van der Waals surface area contributed by atoms with Crippen molar-refractivity contribution in [3.8, 4) is 0 Å². The Hall–Kier alpha value is -0.190. The molecule has 0 aromatic carbocycles. The SMILES string of the molecule is COCCOCCOCCF. The van der Waals surface area contributed by atoms with Gasteiger partial charge in [0.25, 0.3) is 0 Å². The van der Waals surface area contributed by atoms with Crippen molar-refractivity contribution in [1.29, 1.82) is 0 Å². The zero-order chi connectivity index (χ0) is 8.36. The van der Waals surface area contributed by atoms with E-state index in [-0.39, 0.29) is 6.61 Å².